The highest BCUT2D eigenvalue weighted by molar-refractivity contribution is 5.61. The van der Waals surface area contributed by atoms with Crippen LogP contribution in [0, 0.1) is 0 Å². The van der Waals surface area contributed by atoms with E-state index in [1.54, 1.807) is 6.20 Å². The normalized spacial score (nSPS) is 11.2. The molecule has 0 saturated heterocycles. The Hall–Kier alpha value is -1.25. The Balaban J connectivity index is 2.83. The van der Waals surface area contributed by atoms with Crippen LogP contribution in [0.2, 0.25) is 0 Å². The molecule has 3 nitrogen and oxygen atoms in total. The van der Waals surface area contributed by atoms with Crippen molar-refractivity contribution in [3.8, 4) is 0 Å². The van der Waals surface area contributed by atoms with E-state index in [1.807, 2.05) is 12.1 Å². The second kappa shape index (κ2) is 3.01. The van der Waals surface area contributed by atoms with Gasteiger partial charge in [0.15, 0.2) is 0 Å². The molecule has 0 aliphatic carbocycles. The number of nitrogens with two attached hydrogens (primary N) is 1. The smallest absolute Gasteiger partial charge is 0.149 e. The second-order valence-electron chi connectivity index (χ2n) is 3.82. The molecule has 0 radical (unpaired) electrons. The summed E-state index contributed by atoms with van der Waals surface area (Å²) in [5.74, 6) is 0.755. The van der Waals surface area contributed by atoms with Crippen LogP contribution in [0.3, 0.4) is 0 Å². The lowest BCUT2D eigenvalue weighted by atomic mass is 10.1. The first-order valence-electron chi connectivity index (χ1n) is 3.98. The van der Waals surface area contributed by atoms with Gasteiger partial charge in [0, 0.05) is 11.7 Å². The highest BCUT2D eigenvalue weighted by Gasteiger charge is 2.11. The summed E-state index contributed by atoms with van der Waals surface area (Å²) in [5, 5.41) is 3.21. The average molecular weight is 165 g/mol. The molecule has 1 rings (SSSR count). The number of rotatable bonds is 1. The third kappa shape index (κ3) is 2.42. The van der Waals surface area contributed by atoms with E-state index in [-0.39, 0.29) is 5.54 Å². The van der Waals surface area contributed by atoms with E-state index >= 15 is 0 Å². The lowest BCUT2D eigenvalue weighted by Crippen LogP contribution is -2.27. The highest BCUT2D eigenvalue weighted by atomic mass is 15.0. The zero-order valence-corrected chi connectivity index (χ0v) is 7.76. The van der Waals surface area contributed by atoms with Crippen LogP contribution in [0.15, 0.2) is 18.3 Å². The lowest BCUT2D eigenvalue weighted by molar-refractivity contribution is 0.631. The second-order valence-corrected chi connectivity index (χ2v) is 3.82. The third-order valence-corrected chi connectivity index (χ3v) is 1.33. The maximum absolute atomic E-state index is 5.70. The first-order valence-corrected chi connectivity index (χ1v) is 3.98. The van der Waals surface area contributed by atoms with Crippen molar-refractivity contribution in [3.63, 3.8) is 0 Å². The molecular weight excluding hydrogens is 150 g/mol. The van der Waals surface area contributed by atoms with Gasteiger partial charge in [0.2, 0.25) is 0 Å². The summed E-state index contributed by atoms with van der Waals surface area (Å²) in [6.07, 6.45) is 1.73. The number of nitrogen functional groups attached to an aromatic ring is 1. The number of pyridine rings is 1. The molecule has 0 amide bonds. The summed E-state index contributed by atoms with van der Waals surface area (Å²) in [6.45, 7) is 6.21. The van der Waals surface area contributed by atoms with E-state index in [0.717, 1.165) is 5.82 Å². The summed E-state index contributed by atoms with van der Waals surface area (Å²) in [4.78, 5) is 4.13. The summed E-state index contributed by atoms with van der Waals surface area (Å²) in [6, 6.07) is 3.66. The fourth-order valence-electron chi connectivity index (χ4n) is 0.877. The van der Waals surface area contributed by atoms with Crippen molar-refractivity contribution in [1.29, 1.82) is 0 Å². The summed E-state index contributed by atoms with van der Waals surface area (Å²) < 4.78 is 0. The standard InChI is InChI=1S/C9H15N3/c1-9(2,3)12-8-7(10)5-4-6-11-8/h4-6H,10H2,1-3H3,(H,11,12). The van der Waals surface area contributed by atoms with Gasteiger partial charge >= 0.3 is 0 Å². The van der Waals surface area contributed by atoms with E-state index in [2.05, 4.69) is 31.1 Å². The molecule has 0 saturated carbocycles. The molecule has 3 heteroatoms. The number of hydrogen-bond donors (Lipinski definition) is 2. The molecule has 0 atom stereocenters. The van der Waals surface area contributed by atoms with Crippen LogP contribution in [-0.4, -0.2) is 10.5 Å². The molecule has 0 aliphatic heterocycles. The molecule has 1 heterocycles. The first-order chi connectivity index (χ1) is 5.49. The Labute approximate surface area is 73.0 Å². The quantitative estimate of drug-likeness (QED) is 0.668. The number of aromatic nitrogens is 1. The maximum atomic E-state index is 5.70. The van der Waals surface area contributed by atoms with Crippen LogP contribution >= 0.6 is 0 Å². The monoisotopic (exact) mass is 165 g/mol. The SMILES string of the molecule is CC(C)(C)Nc1ncccc1N. The summed E-state index contributed by atoms with van der Waals surface area (Å²) in [7, 11) is 0. The van der Waals surface area contributed by atoms with Gasteiger partial charge in [-0.3, -0.25) is 0 Å². The fourth-order valence-corrected chi connectivity index (χ4v) is 0.877. The zero-order valence-electron chi connectivity index (χ0n) is 7.76. The molecule has 66 valence electrons. The number of nitrogens with one attached hydrogen (secondary N) is 1. The lowest BCUT2D eigenvalue weighted by Gasteiger charge is -2.21. The molecule has 1 aromatic rings. The molecule has 0 aliphatic rings. The Bertz CT molecular complexity index is 263. The predicted molar refractivity (Wildman–Crippen MR) is 52.0 cm³/mol. The number of nitrogens with zero attached hydrogens (tertiary/aromatic N) is 1. The van der Waals surface area contributed by atoms with E-state index in [1.165, 1.54) is 0 Å². The van der Waals surface area contributed by atoms with Gasteiger partial charge in [-0.05, 0) is 32.9 Å². The van der Waals surface area contributed by atoms with E-state index < -0.39 is 0 Å². The van der Waals surface area contributed by atoms with Crippen LogP contribution in [0.25, 0.3) is 0 Å². The van der Waals surface area contributed by atoms with Gasteiger partial charge in [0.1, 0.15) is 5.82 Å². The molecule has 0 aromatic carbocycles. The van der Waals surface area contributed by atoms with E-state index in [4.69, 9.17) is 5.73 Å². The van der Waals surface area contributed by atoms with Gasteiger partial charge in [0.05, 0.1) is 5.69 Å². The van der Waals surface area contributed by atoms with Crippen LogP contribution in [0.1, 0.15) is 20.8 Å². The van der Waals surface area contributed by atoms with E-state index in [0.29, 0.717) is 5.69 Å². The van der Waals surface area contributed by atoms with Gasteiger partial charge in [-0.1, -0.05) is 0 Å². The minimum absolute atomic E-state index is 0.00245. The fraction of sp³-hybridized carbons (Fsp3) is 0.444. The summed E-state index contributed by atoms with van der Waals surface area (Å²) >= 11 is 0. The molecule has 0 bridgehead atoms. The Kier molecular flexibility index (Phi) is 2.22. The Morgan fingerprint density at radius 3 is 2.58 bits per heavy atom. The topological polar surface area (TPSA) is 50.9 Å². The maximum Gasteiger partial charge on any atom is 0.149 e. The van der Waals surface area contributed by atoms with Gasteiger partial charge in [-0.25, -0.2) is 4.98 Å². The van der Waals surface area contributed by atoms with Gasteiger partial charge < -0.3 is 11.1 Å². The molecule has 0 fully saturated rings. The van der Waals surface area contributed by atoms with Crippen LogP contribution in [0.4, 0.5) is 11.5 Å². The average Bonchev–Trinajstić information content (AvgIpc) is 1.91. The van der Waals surface area contributed by atoms with Crippen molar-refractivity contribution in [2.75, 3.05) is 11.1 Å². The zero-order chi connectivity index (χ0) is 9.19. The first kappa shape index (κ1) is 8.84. The minimum Gasteiger partial charge on any atom is -0.396 e. The van der Waals surface area contributed by atoms with Crippen molar-refractivity contribution in [2.24, 2.45) is 0 Å². The van der Waals surface area contributed by atoms with Crippen molar-refractivity contribution in [3.05, 3.63) is 18.3 Å². The van der Waals surface area contributed by atoms with Crippen LogP contribution in [-0.2, 0) is 0 Å². The molecule has 0 spiro atoms. The van der Waals surface area contributed by atoms with Gasteiger partial charge in [-0.2, -0.15) is 0 Å². The molecular formula is C9H15N3. The van der Waals surface area contributed by atoms with Crippen molar-refractivity contribution < 1.29 is 0 Å². The van der Waals surface area contributed by atoms with Crippen molar-refractivity contribution in [2.45, 2.75) is 26.3 Å². The Morgan fingerprint density at radius 1 is 1.42 bits per heavy atom. The number of anilines is 2. The molecule has 0 unspecified atom stereocenters. The number of hydrogen-bond acceptors (Lipinski definition) is 3. The summed E-state index contributed by atoms with van der Waals surface area (Å²) in [5.41, 5.74) is 6.39. The van der Waals surface area contributed by atoms with Crippen molar-refractivity contribution in [1.82, 2.24) is 4.98 Å². The molecule has 3 N–H and O–H groups in total. The van der Waals surface area contributed by atoms with Crippen LogP contribution in [0.5, 0.6) is 0 Å². The highest BCUT2D eigenvalue weighted by Crippen LogP contribution is 2.17. The largest absolute Gasteiger partial charge is 0.396 e. The van der Waals surface area contributed by atoms with E-state index in [9.17, 15) is 0 Å². The molecule has 12 heavy (non-hydrogen) atoms. The Morgan fingerprint density at radius 2 is 2.08 bits per heavy atom. The third-order valence-electron chi connectivity index (χ3n) is 1.33. The molecule has 1 aromatic heterocycles. The van der Waals surface area contributed by atoms with Gasteiger partial charge in [0.25, 0.3) is 0 Å². The predicted octanol–water partition coefficient (Wildman–Crippen LogP) is 1.87. The minimum atomic E-state index is 0.00245. The van der Waals surface area contributed by atoms with Crippen LogP contribution < -0.4 is 11.1 Å². The van der Waals surface area contributed by atoms with Gasteiger partial charge in [-0.15, -0.1) is 0 Å². The van der Waals surface area contributed by atoms with Crippen molar-refractivity contribution >= 4 is 11.5 Å².